The van der Waals surface area contributed by atoms with E-state index in [9.17, 15) is 18.7 Å². The number of hydrogen-bond donors (Lipinski definition) is 2. The molecule has 0 atom stereocenters. The largest absolute Gasteiger partial charge is 0.386 e. The van der Waals surface area contributed by atoms with Crippen molar-refractivity contribution in [3.05, 3.63) is 65.0 Å². The molecular formula is C24H26F2N6O2. The minimum atomic E-state index is -0.964. The molecule has 4 rings (SSSR count). The van der Waals surface area contributed by atoms with Crippen LogP contribution in [0.15, 0.2) is 36.4 Å². The molecule has 0 spiro atoms. The SMILES string of the molecule is CN(CCCCc1nc2c3cc(F)cc(F)c3nc(N)n2n1)C(=O)c1ccc(C(C)(C)O)cc1. The molecule has 0 saturated carbocycles. The number of benzene rings is 2. The summed E-state index contributed by atoms with van der Waals surface area (Å²) in [6.45, 7) is 3.91. The van der Waals surface area contributed by atoms with Crippen molar-refractivity contribution in [1.82, 2.24) is 24.5 Å². The molecule has 0 saturated heterocycles. The summed E-state index contributed by atoms with van der Waals surface area (Å²) < 4.78 is 29.1. The Morgan fingerprint density at radius 3 is 2.53 bits per heavy atom. The first-order chi connectivity index (χ1) is 16.0. The molecule has 3 N–H and O–H groups in total. The number of carbonyl (C=O) groups excluding carboxylic acids is 1. The van der Waals surface area contributed by atoms with Gasteiger partial charge in [-0.25, -0.2) is 18.7 Å². The van der Waals surface area contributed by atoms with Crippen LogP contribution < -0.4 is 5.73 Å². The first kappa shape index (κ1) is 23.5. The number of nitrogens with two attached hydrogens (primary N) is 1. The second-order valence-corrected chi connectivity index (χ2v) is 8.84. The maximum absolute atomic E-state index is 14.1. The highest BCUT2D eigenvalue weighted by atomic mass is 19.1. The molecule has 0 bridgehead atoms. The molecule has 34 heavy (non-hydrogen) atoms. The summed E-state index contributed by atoms with van der Waals surface area (Å²) in [5, 5.41) is 14.6. The van der Waals surface area contributed by atoms with Crippen LogP contribution in [-0.4, -0.2) is 49.1 Å². The van der Waals surface area contributed by atoms with Crippen LogP contribution in [0.5, 0.6) is 0 Å². The first-order valence-corrected chi connectivity index (χ1v) is 10.9. The van der Waals surface area contributed by atoms with Gasteiger partial charge in [0.25, 0.3) is 5.91 Å². The fraction of sp³-hybridized carbons (Fsp3) is 0.333. The molecule has 2 aromatic carbocycles. The predicted octanol–water partition coefficient (Wildman–Crippen LogP) is 3.46. The van der Waals surface area contributed by atoms with E-state index in [0.29, 0.717) is 37.2 Å². The van der Waals surface area contributed by atoms with Gasteiger partial charge in [-0.15, -0.1) is 5.10 Å². The molecule has 0 fully saturated rings. The van der Waals surface area contributed by atoms with Crippen molar-refractivity contribution in [2.75, 3.05) is 19.3 Å². The summed E-state index contributed by atoms with van der Waals surface area (Å²) in [6, 6.07) is 8.83. The monoisotopic (exact) mass is 468 g/mol. The van der Waals surface area contributed by atoms with Crippen molar-refractivity contribution in [3.8, 4) is 0 Å². The Morgan fingerprint density at radius 2 is 1.85 bits per heavy atom. The third-order valence-corrected chi connectivity index (χ3v) is 5.69. The maximum atomic E-state index is 14.1. The molecule has 178 valence electrons. The van der Waals surface area contributed by atoms with E-state index in [1.807, 2.05) is 0 Å². The van der Waals surface area contributed by atoms with E-state index in [-0.39, 0.29) is 28.4 Å². The lowest BCUT2D eigenvalue weighted by molar-refractivity contribution is 0.0770. The molecule has 2 aromatic heterocycles. The van der Waals surface area contributed by atoms with Crippen LogP contribution in [0.2, 0.25) is 0 Å². The van der Waals surface area contributed by atoms with Crippen LogP contribution in [-0.2, 0) is 12.0 Å². The Kier molecular flexibility index (Phi) is 6.18. The first-order valence-electron chi connectivity index (χ1n) is 10.9. The van der Waals surface area contributed by atoms with Crippen molar-refractivity contribution < 1.29 is 18.7 Å². The van der Waals surface area contributed by atoms with E-state index in [0.717, 1.165) is 17.7 Å². The lowest BCUT2D eigenvalue weighted by Gasteiger charge is -2.20. The van der Waals surface area contributed by atoms with Gasteiger partial charge in [-0.2, -0.15) is 4.52 Å². The molecule has 0 radical (unpaired) electrons. The van der Waals surface area contributed by atoms with Gasteiger partial charge in [0.15, 0.2) is 17.3 Å². The number of anilines is 1. The van der Waals surface area contributed by atoms with Gasteiger partial charge in [-0.1, -0.05) is 12.1 Å². The number of amides is 1. The molecule has 2 heterocycles. The van der Waals surface area contributed by atoms with Gasteiger partial charge in [0.05, 0.1) is 11.0 Å². The number of hydrogen-bond acceptors (Lipinski definition) is 6. The smallest absolute Gasteiger partial charge is 0.253 e. The van der Waals surface area contributed by atoms with Gasteiger partial charge >= 0.3 is 0 Å². The summed E-state index contributed by atoms with van der Waals surface area (Å²) >= 11 is 0. The molecule has 0 aliphatic carbocycles. The minimum absolute atomic E-state index is 0.0345. The fourth-order valence-corrected chi connectivity index (χ4v) is 3.78. The number of nitrogens with zero attached hydrogens (tertiary/aromatic N) is 5. The van der Waals surface area contributed by atoms with Gasteiger partial charge in [-0.3, -0.25) is 4.79 Å². The number of unbranched alkanes of at least 4 members (excludes halogenated alkanes) is 1. The maximum Gasteiger partial charge on any atom is 0.253 e. The van der Waals surface area contributed by atoms with Gasteiger partial charge < -0.3 is 15.7 Å². The van der Waals surface area contributed by atoms with Crippen LogP contribution in [0.4, 0.5) is 14.7 Å². The molecule has 8 nitrogen and oxygen atoms in total. The number of rotatable bonds is 7. The van der Waals surface area contributed by atoms with Crippen molar-refractivity contribution in [2.45, 2.75) is 38.7 Å². The number of halogens is 2. The summed E-state index contributed by atoms with van der Waals surface area (Å²) in [5.74, 6) is -1.21. The Balaban J connectivity index is 1.39. The molecule has 0 unspecified atom stereocenters. The van der Waals surface area contributed by atoms with Crippen LogP contribution in [0, 0.1) is 11.6 Å². The van der Waals surface area contributed by atoms with Crippen molar-refractivity contribution in [1.29, 1.82) is 0 Å². The van der Waals surface area contributed by atoms with Gasteiger partial charge in [-0.05, 0) is 50.5 Å². The lowest BCUT2D eigenvalue weighted by atomic mass is 9.97. The Morgan fingerprint density at radius 1 is 1.15 bits per heavy atom. The summed E-state index contributed by atoms with van der Waals surface area (Å²) in [6.07, 6.45) is 1.90. The van der Waals surface area contributed by atoms with Gasteiger partial charge in [0, 0.05) is 31.6 Å². The van der Waals surface area contributed by atoms with E-state index in [1.54, 1.807) is 50.1 Å². The molecule has 0 aliphatic heterocycles. The van der Waals surface area contributed by atoms with Crippen LogP contribution in [0.1, 0.15) is 48.4 Å². The average Bonchev–Trinajstić information content (AvgIpc) is 3.22. The van der Waals surface area contributed by atoms with Crippen molar-refractivity contribution >= 4 is 28.4 Å². The quantitative estimate of drug-likeness (QED) is 0.402. The second-order valence-electron chi connectivity index (χ2n) is 8.84. The van der Waals surface area contributed by atoms with Gasteiger partial charge in [0.2, 0.25) is 5.95 Å². The zero-order valence-electron chi connectivity index (χ0n) is 19.2. The highest BCUT2D eigenvalue weighted by Crippen LogP contribution is 2.24. The Labute approximate surface area is 195 Å². The third kappa shape index (κ3) is 4.67. The number of nitrogen functional groups attached to an aromatic ring is 1. The van der Waals surface area contributed by atoms with Crippen LogP contribution >= 0.6 is 0 Å². The predicted molar refractivity (Wildman–Crippen MR) is 124 cm³/mol. The number of carbonyl (C=O) groups is 1. The number of fused-ring (bicyclic) bond motifs is 3. The lowest BCUT2D eigenvalue weighted by Crippen LogP contribution is -2.28. The van der Waals surface area contributed by atoms with Gasteiger partial charge in [0.1, 0.15) is 11.3 Å². The summed E-state index contributed by atoms with van der Waals surface area (Å²) in [5.41, 5.74) is 6.40. The number of aryl methyl sites for hydroxylation is 1. The highest BCUT2D eigenvalue weighted by Gasteiger charge is 2.18. The zero-order valence-corrected chi connectivity index (χ0v) is 19.2. The second kappa shape index (κ2) is 8.94. The van der Waals surface area contributed by atoms with Crippen molar-refractivity contribution in [3.63, 3.8) is 0 Å². The molecule has 10 heteroatoms. The molecule has 4 aromatic rings. The van der Waals surface area contributed by atoms with Crippen LogP contribution in [0.3, 0.4) is 0 Å². The third-order valence-electron chi connectivity index (χ3n) is 5.69. The van der Waals surface area contributed by atoms with Crippen LogP contribution in [0.25, 0.3) is 16.6 Å². The molecule has 1 amide bonds. The standard InChI is InChI=1S/C24H26F2N6O2/c1-24(2,34)15-9-7-14(8-10-15)22(33)31(3)11-5-4-6-19-28-21-17-12-16(25)13-18(26)20(17)29-23(27)32(21)30-19/h7-10,12-13,34H,4-6,11H2,1-3H3,(H2,27,29). The van der Waals surface area contributed by atoms with E-state index >= 15 is 0 Å². The van der Waals surface area contributed by atoms with Crippen molar-refractivity contribution in [2.24, 2.45) is 0 Å². The highest BCUT2D eigenvalue weighted by molar-refractivity contribution is 5.94. The summed E-state index contributed by atoms with van der Waals surface area (Å²) in [4.78, 5) is 22.7. The normalized spacial score (nSPS) is 11.9. The summed E-state index contributed by atoms with van der Waals surface area (Å²) in [7, 11) is 1.73. The average molecular weight is 469 g/mol. The van der Waals surface area contributed by atoms with E-state index in [2.05, 4.69) is 15.1 Å². The Bertz CT molecular complexity index is 1360. The number of aromatic nitrogens is 4. The topological polar surface area (TPSA) is 110 Å². The Hall–Kier alpha value is -3.66. The van der Waals surface area contributed by atoms with E-state index in [4.69, 9.17) is 5.73 Å². The van der Waals surface area contributed by atoms with E-state index < -0.39 is 17.2 Å². The fourth-order valence-electron chi connectivity index (χ4n) is 3.78. The molecule has 0 aliphatic rings. The minimum Gasteiger partial charge on any atom is -0.386 e. The molecular weight excluding hydrogens is 442 g/mol. The van der Waals surface area contributed by atoms with E-state index in [1.165, 1.54) is 4.52 Å². The number of aliphatic hydroxyl groups is 1. The zero-order chi connectivity index (χ0) is 24.6.